The van der Waals surface area contributed by atoms with Gasteiger partial charge in [0.1, 0.15) is 0 Å². The van der Waals surface area contributed by atoms with E-state index in [1.165, 1.54) is 5.56 Å². The number of nitro benzene ring substituents is 1. The Balaban J connectivity index is 1.84. The maximum atomic E-state index is 10.8. The molecule has 0 unspecified atom stereocenters. The summed E-state index contributed by atoms with van der Waals surface area (Å²) in [4.78, 5) is 14.5. The molecule has 114 valence electrons. The maximum absolute atomic E-state index is 10.8. The fourth-order valence-electron chi connectivity index (χ4n) is 3.34. The molecule has 22 heavy (non-hydrogen) atoms. The molecule has 2 aromatic rings. The Morgan fingerprint density at radius 1 is 1.14 bits per heavy atom. The average Bonchev–Trinajstić information content (AvgIpc) is 2.84. The Labute approximate surface area is 129 Å². The fraction of sp³-hybridized carbons (Fsp3) is 0.353. The van der Waals surface area contributed by atoms with Gasteiger partial charge in [0.25, 0.3) is 5.69 Å². The zero-order valence-corrected chi connectivity index (χ0v) is 12.7. The van der Waals surface area contributed by atoms with Crippen LogP contribution in [0, 0.1) is 10.1 Å². The van der Waals surface area contributed by atoms with Gasteiger partial charge in [0.15, 0.2) is 0 Å². The fourth-order valence-corrected chi connectivity index (χ4v) is 3.34. The predicted octanol–water partition coefficient (Wildman–Crippen LogP) is 3.59. The third-order valence-electron chi connectivity index (χ3n) is 4.50. The minimum Gasteiger partial charge on any atom is -0.304 e. The number of rotatable bonds is 3. The number of hydrogen-bond acceptors (Lipinski definition) is 4. The monoisotopic (exact) mass is 297 g/mol. The van der Waals surface area contributed by atoms with Crippen molar-refractivity contribution in [1.82, 2.24) is 10.3 Å². The second-order valence-electron chi connectivity index (χ2n) is 6.34. The number of nitrogens with one attached hydrogen (secondary N) is 1. The smallest absolute Gasteiger partial charge is 0.269 e. The van der Waals surface area contributed by atoms with E-state index in [4.69, 9.17) is 0 Å². The summed E-state index contributed by atoms with van der Waals surface area (Å²) < 4.78 is 0. The van der Waals surface area contributed by atoms with Crippen molar-refractivity contribution in [3.8, 4) is 0 Å². The van der Waals surface area contributed by atoms with Crippen molar-refractivity contribution in [3.63, 3.8) is 0 Å². The van der Waals surface area contributed by atoms with Gasteiger partial charge in [0.05, 0.1) is 4.92 Å². The van der Waals surface area contributed by atoms with E-state index in [1.54, 1.807) is 12.1 Å². The van der Waals surface area contributed by atoms with Gasteiger partial charge in [-0.05, 0) is 43.5 Å². The summed E-state index contributed by atoms with van der Waals surface area (Å²) in [5, 5.41) is 14.4. The van der Waals surface area contributed by atoms with E-state index in [0.717, 1.165) is 12.0 Å². The lowest BCUT2D eigenvalue weighted by atomic mass is 9.83. The second-order valence-corrected chi connectivity index (χ2v) is 6.34. The van der Waals surface area contributed by atoms with E-state index < -0.39 is 0 Å². The van der Waals surface area contributed by atoms with Gasteiger partial charge in [-0.3, -0.25) is 15.1 Å². The Hall–Kier alpha value is -2.27. The van der Waals surface area contributed by atoms with Gasteiger partial charge in [-0.15, -0.1) is 0 Å². The molecule has 0 aliphatic carbocycles. The van der Waals surface area contributed by atoms with Crippen molar-refractivity contribution in [2.75, 3.05) is 0 Å². The molecule has 2 heterocycles. The van der Waals surface area contributed by atoms with Gasteiger partial charge in [0.2, 0.25) is 0 Å². The molecule has 1 aromatic heterocycles. The van der Waals surface area contributed by atoms with Crippen molar-refractivity contribution in [3.05, 3.63) is 70.0 Å². The highest BCUT2D eigenvalue weighted by Gasteiger charge is 2.41. The number of pyridine rings is 1. The minimum absolute atomic E-state index is 0.0339. The quantitative estimate of drug-likeness (QED) is 0.694. The minimum atomic E-state index is -0.366. The maximum Gasteiger partial charge on any atom is 0.269 e. The molecule has 0 amide bonds. The second kappa shape index (κ2) is 5.50. The van der Waals surface area contributed by atoms with E-state index in [2.05, 4.69) is 36.3 Å². The molecule has 0 saturated carbocycles. The van der Waals surface area contributed by atoms with Crippen LogP contribution in [0.15, 0.2) is 48.8 Å². The van der Waals surface area contributed by atoms with E-state index in [-0.39, 0.29) is 22.2 Å². The summed E-state index contributed by atoms with van der Waals surface area (Å²) in [6, 6.07) is 11.2. The average molecular weight is 297 g/mol. The zero-order chi connectivity index (χ0) is 15.7. The topological polar surface area (TPSA) is 68.1 Å². The van der Waals surface area contributed by atoms with Gasteiger partial charge in [-0.25, -0.2) is 0 Å². The first-order chi connectivity index (χ1) is 10.5. The molecule has 1 saturated heterocycles. The molecule has 3 rings (SSSR count). The summed E-state index contributed by atoms with van der Waals surface area (Å²) in [5.41, 5.74) is 2.46. The number of hydrogen-bond donors (Lipinski definition) is 1. The molecule has 2 atom stereocenters. The van der Waals surface area contributed by atoms with Crippen LogP contribution in [0.25, 0.3) is 0 Å². The van der Waals surface area contributed by atoms with E-state index >= 15 is 0 Å². The van der Waals surface area contributed by atoms with Crippen molar-refractivity contribution in [1.29, 1.82) is 0 Å². The number of nitro groups is 1. The van der Waals surface area contributed by atoms with Crippen LogP contribution in [0.4, 0.5) is 5.69 Å². The van der Waals surface area contributed by atoms with Gasteiger partial charge >= 0.3 is 0 Å². The first-order valence-corrected chi connectivity index (χ1v) is 7.39. The van der Waals surface area contributed by atoms with Crippen LogP contribution in [-0.4, -0.2) is 15.4 Å². The first-order valence-electron chi connectivity index (χ1n) is 7.39. The normalized spacial score (nSPS) is 23.4. The lowest BCUT2D eigenvalue weighted by Gasteiger charge is -2.27. The Kier molecular flexibility index (Phi) is 3.66. The van der Waals surface area contributed by atoms with Crippen molar-refractivity contribution in [2.45, 2.75) is 37.8 Å². The van der Waals surface area contributed by atoms with Crippen LogP contribution in [0.5, 0.6) is 0 Å². The Morgan fingerprint density at radius 2 is 1.77 bits per heavy atom. The van der Waals surface area contributed by atoms with Crippen LogP contribution < -0.4 is 5.32 Å². The summed E-state index contributed by atoms with van der Waals surface area (Å²) in [6.07, 6.45) is 4.62. The molecule has 5 heteroatoms. The summed E-state index contributed by atoms with van der Waals surface area (Å²) in [6.45, 7) is 4.40. The standard InChI is InChI=1S/C17H19N3O2/c1-17(2)15(12-7-9-18-10-8-12)11-16(19-17)13-3-5-14(6-4-13)20(21)22/h3-10,15-16,19H,11H2,1-2H3/t15-,16+/m0/s1. The lowest BCUT2D eigenvalue weighted by molar-refractivity contribution is -0.384. The SMILES string of the molecule is CC1(C)N[C@@H](c2ccc([N+](=O)[O-])cc2)C[C@H]1c1ccncc1. The molecule has 1 N–H and O–H groups in total. The summed E-state index contributed by atoms with van der Waals surface area (Å²) in [7, 11) is 0. The molecule has 1 aliphatic heterocycles. The molecular formula is C17H19N3O2. The van der Waals surface area contributed by atoms with E-state index in [0.29, 0.717) is 5.92 Å². The highest BCUT2D eigenvalue weighted by atomic mass is 16.6. The van der Waals surface area contributed by atoms with Gasteiger partial charge in [0, 0.05) is 42.0 Å². The highest BCUT2D eigenvalue weighted by Crippen LogP contribution is 2.43. The van der Waals surface area contributed by atoms with Crippen molar-refractivity contribution < 1.29 is 4.92 Å². The van der Waals surface area contributed by atoms with Gasteiger partial charge in [-0.2, -0.15) is 0 Å². The Morgan fingerprint density at radius 3 is 2.36 bits per heavy atom. The molecule has 1 aliphatic rings. The lowest BCUT2D eigenvalue weighted by Crippen LogP contribution is -2.37. The van der Waals surface area contributed by atoms with Crippen LogP contribution in [0.2, 0.25) is 0 Å². The number of aromatic nitrogens is 1. The molecule has 0 spiro atoms. The number of nitrogens with zero attached hydrogens (tertiary/aromatic N) is 2. The number of benzene rings is 1. The molecule has 0 bridgehead atoms. The molecule has 5 nitrogen and oxygen atoms in total. The molecule has 1 fully saturated rings. The first kappa shape index (κ1) is 14.7. The third-order valence-corrected chi connectivity index (χ3v) is 4.50. The Bertz CT molecular complexity index is 668. The summed E-state index contributed by atoms with van der Waals surface area (Å²) in [5.74, 6) is 0.385. The predicted molar refractivity (Wildman–Crippen MR) is 84.6 cm³/mol. The van der Waals surface area contributed by atoms with Crippen LogP contribution in [0.1, 0.15) is 43.4 Å². The molecular weight excluding hydrogens is 278 g/mol. The third kappa shape index (κ3) is 2.72. The van der Waals surface area contributed by atoms with Crippen LogP contribution in [-0.2, 0) is 0 Å². The highest BCUT2D eigenvalue weighted by molar-refractivity contribution is 5.36. The molecule has 1 aromatic carbocycles. The van der Waals surface area contributed by atoms with Gasteiger partial charge in [-0.1, -0.05) is 12.1 Å². The van der Waals surface area contributed by atoms with Crippen molar-refractivity contribution >= 4 is 5.69 Å². The zero-order valence-electron chi connectivity index (χ0n) is 12.7. The van der Waals surface area contributed by atoms with Crippen molar-refractivity contribution in [2.24, 2.45) is 0 Å². The summed E-state index contributed by atoms with van der Waals surface area (Å²) >= 11 is 0. The van der Waals surface area contributed by atoms with Crippen LogP contribution in [0.3, 0.4) is 0 Å². The van der Waals surface area contributed by atoms with E-state index in [1.807, 2.05) is 24.5 Å². The number of non-ortho nitro benzene ring substituents is 1. The molecule has 0 radical (unpaired) electrons. The van der Waals surface area contributed by atoms with E-state index in [9.17, 15) is 10.1 Å². The largest absolute Gasteiger partial charge is 0.304 e. The van der Waals surface area contributed by atoms with Crippen LogP contribution >= 0.6 is 0 Å². The van der Waals surface area contributed by atoms with Gasteiger partial charge < -0.3 is 5.32 Å².